The van der Waals surface area contributed by atoms with Crippen LogP contribution in [-0.2, 0) is 6.54 Å². The zero-order valence-electron chi connectivity index (χ0n) is 14.2. The quantitative estimate of drug-likeness (QED) is 0.718. The van der Waals surface area contributed by atoms with Crippen LogP contribution in [0.4, 0.5) is 5.69 Å². The Hall–Kier alpha value is -1.88. The van der Waals surface area contributed by atoms with Crippen LogP contribution >= 0.6 is 11.6 Å². The zero-order chi connectivity index (χ0) is 17.4. The molecule has 0 radical (unpaired) electrons. The van der Waals surface area contributed by atoms with Crippen molar-refractivity contribution in [1.82, 2.24) is 10.2 Å². The Bertz CT molecular complexity index is 675. The Kier molecular flexibility index (Phi) is 7.25. The summed E-state index contributed by atoms with van der Waals surface area (Å²) in [5, 5.41) is 6.76. The van der Waals surface area contributed by atoms with Crippen molar-refractivity contribution in [2.45, 2.75) is 13.5 Å². The lowest BCUT2D eigenvalue weighted by molar-refractivity contribution is 0.102. The van der Waals surface area contributed by atoms with Crippen LogP contribution in [0, 0.1) is 0 Å². The lowest BCUT2D eigenvalue weighted by Gasteiger charge is -2.14. The minimum absolute atomic E-state index is 0.199. The second kappa shape index (κ2) is 9.42. The summed E-state index contributed by atoms with van der Waals surface area (Å²) in [5.74, 6) is -0.199. The average molecular weight is 346 g/mol. The van der Waals surface area contributed by atoms with E-state index in [0.29, 0.717) is 10.6 Å². The molecule has 0 atom stereocenters. The van der Waals surface area contributed by atoms with E-state index in [2.05, 4.69) is 29.5 Å². The van der Waals surface area contributed by atoms with Crippen molar-refractivity contribution in [3.8, 4) is 0 Å². The van der Waals surface area contributed by atoms with Gasteiger partial charge in [0.25, 0.3) is 5.91 Å². The molecule has 1 amide bonds. The Labute approximate surface area is 148 Å². The number of halogens is 1. The molecule has 0 fully saturated rings. The molecule has 0 bridgehead atoms. The first-order valence-electron chi connectivity index (χ1n) is 8.14. The molecule has 2 aromatic carbocycles. The normalized spacial score (nSPS) is 10.8. The summed E-state index contributed by atoms with van der Waals surface area (Å²) in [6.07, 6.45) is 0. The first-order valence-corrected chi connectivity index (χ1v) is 8.52. The molecule has 0 heterocycles. The first-order chi connectivity index (χ1) is 11.6. The van der Waals surface area contributed by atoms with Gasteiger partial charge < -0.3 is 15.5 Å². The third kappa shape index (κ3) is 5.64. The molecular weight excluding hydrogens is 322 g/mol. The predicted molar refractivity (Wildman–Crippen MR) is 101 cm³/mol. The van der Waals surface area contributed by atoms with Crippen LogP contribution in [0.3, 0.4) is 0 Å². The second-order valence-electron chi connectivity index (χ2n) is 5.71. The summed E-state index contributed by atoms with van der Waals surface area (Å²) < 4.78 is 0. The highest BCUT2D eigenvalue weighted by atomic mass is 35.5. The van der Waals surface area contributed by atoms with E-state index in [-0.39, 0.29) is 5.91 Å². The summed E-state index contributed by atoms with van der Waals surface area (Å²) in [4.78, 5) is 14.6. The van der Waals surface area contributed by atoms with E-state index in [9.17, 15) is 4.79 Å². The highest BCUT2D eigenvalue weighted by Crippen LogP contribution is 2.17. The van der Waals surface area contributed by atoms with Crippen molar-refractivity contribution in [1.29, 1.82) is 0 Å². The van der Waals surface area contributed by atoms with Crippen LogP contribution in [0.1, 0.15) is 22.8 Å². The fourth-order valence-corrected chi connectivity index (χ4v) is 2.49. The van der Waals surface area contributed by atoms with Crippen LogP contribution in [0.15, 0.2) is 48.5 Å². The average Bonchev–Trinajstić information content (AvgIpc) is 2.59. The summed E-state index contributed by atoms with van der Waals surface area (Å²) in [5.41, 5.74) is 2.38. The van der Waals surface area contributed by atoms with Gasteiger partial charge in [-0.2, -0.15) is 0 Å². The van der Waals surface area contributed by atoms with E-state index in [1.54, 1.807) is 24.3 Å². The van der Waals surface area contributed by atoms with Gasteiger partial charge in [0.05, 0.1) is 10.6 Å². The highest BCUT2D eigenvalue weighted by molar-refractivity contribution is 6.34. The lowest BCUT2D eigenvalue weighted by atomic mass is 10.1. The summed E-state index contributed by atoms with van der Waals surface area (Å²) in [6, 6.07) is 14.9. The smallest absolute Gasteiger partial charge is 0.257 e. The first kappa shape index (κ1) is 18.5. The molecule has 0 unspecified atom stereocenters. The van der Waals surface area contributed by atoms with E-state index in [1.165, 1.54) is 0 Å². The van der Waals surface area contributed by atoms with Gasteiger partial charge in [0.1, 0.15) is 0 Å². The molecule has 2 N–H and O–H groups in total. The second-order valence-corrected chi connectivity index (χ2v) is 6.11. The van der Waals surface area contributed by atoms with Crippen LogP contribution in [0.5, 0.6) is 0 Å². The van der Waals surface area contributed by atoms with E-state index in [1.807, 2.05) is 24.3 Å². The van der Waals surface area contributed by atoms with Gasteiger partial charge in [-0.1, -0.05) is 42.8 Å². The molecule has 0 aliphatic heterocycles. The van der Waals surface area contributed by atoms with Crippen LogP contribution in [0.25, 0.3) is 0 Å². The van der Waals surface area contributed by atoms with Crippen molar-refractivity contribution < 1.29 is 4.79 Å². The van der Waals surface area contributed by atoms with E-state index in [4.69, 9.17) is 11.6 Å². The number of hydrogen-bond donors (Lipinski definition) is 2. The largest absolute Gasteiger partial charge is 0.322 e. The monoisotopic (exact) mass is 345 g/mol. The summed E-state index contributed by atoms with van der Waals surface area (Å²) >= 11 is 6.06. The Morgan fingerprint density at radius 3 is 2.71 bits per heavy atom. The maximum Gasteiger partial charge on any atom is 0.257 e. The number of likely N-dealkylation sites (N-methyl/N-ethyl adjacent to an activating group) is 1. The third-order valence-corrected chi connectivity index (χ3v) is 4.17. The lowest BCUT2D eigenvalue weighted by Crippen LogP contribution is -2.28. The topological polar surface area (TPSA) is 44.4 Å². The van der Waals surface area contributed by atoms with Gasteiger partial charge in [0, 0.05) is 25.3 Å². The molecule has 5 heteroatoms. The molecule has 2 rings (SSSR count). The Morgan fingerprint density at radius 1 is 1.17 bits per heavy atom. The van der Waals surface area contributed by atoms with E-state index >= 15 is 0 Å². The number of carbonyl (C=O) groups is 1. The molecule has 0 aliphatic carbocycles. The summed E-state index contributed by atoms with van der Waals surface area (Å²) in [6.45, 7) is 5.91. The van der Waals surface area contributed by atoms with E-state index < -0.39 is 0 Å². The number of rotatable bonds is 8. The van der Waals surface area contributed by atoms with Crippen molar-refractivity contribution in [3.63, 3.8) is 0 Å². The molecule has 2 aromatic rings. The van der Waals surface area contributed by atoms with Crippen molar-refractivity contribution in [2.24, 2.45) is 0 Å². The minimum atomic E-state index is -0.199. The zero-order valence-corrected chi connectivity index (χ0v) is 14.9. The van der Waals surface area contributed by atoms with Gasteiger partial charge in [-0.15, -0.1) is 0 Å². The van der Waals surface area contributed by atoms with Gasteiger partial charge in [0.15, 0.2) is 0 Å². The molecule has 4 nitrogen and oxygen atoms in total. The fraction of sp³-hybridized carbons (Fsp3) is 0.316. The molecule has 24 heavy (non-hydrogen) atoms. The van der Waals surface area contributed by atoms with E-state index in [0.717, 1.165) is 37.4 Å². The Balaban J connectivity index is 1.90. The molecule has 0 spiro atoms. The predicted octanol–water partition coefficient (Wildman–Crippen LogP) is 3.63. The molecular formula is C19H24ClN3O. The molecule has 128 valence electrons. The van der Waals surface area contributed by atoms with Gasteiger partial charge >= 0.3 is 0 Å². The molecule has 0 aromatic heterocycles. The third-order valence-electron chi connectivity index (χ3n) is 3.84. The van der Waals surface area contributed by atoms with Crippen molar-refractivity contribution in [2.75, 3.05) is 32.0 Å². The van der Waals surface area contributed by atoms with Gasteiger partial charge in [-0.25, -0.2) is 0 Å². The number of benzene rings is 2. The SMILES string of the molecule is CCN(C)CCNCc1cccc(NC(=O)c2ccccc2Cl)c1. The minimum Gasteiger partial charge on any atom is -0.322 e. The number of amides is 1. The highest BCUT2D eigenvalue weighted by Gasteiger charge is 2.09. The maximum atomic E-state index is 12.3. The van der Waals surface area contributed by atoms with Crippen LogP contribution in [-0.4, -0.2) is 37.5 Å². The number of anilines is 1. The standard InChI is InChI=1S/C19H24ClN3O/c1-3-23(2)12-11-21-14-15-7-6-8-16(13-15)22-19(24)17-9-4-5-10-18(17)20/h4-10,13,21H,3,11-12,14H2,1-2H3,(H,22,24). The molecule has 0 saturated heterocycles. The fourth-order valence-electron chi connectivity index (χ4n) is 2.26. The number of carbonyl (C=O) groups excluding carboxylic acids is 1. The molecule has 0 saturated carbocycles. The Morgan fingerprint density at radius 2 is 1.96 bits per heavy atom. The number of nitrogens with one attached hydrogen (secondary N) is 2. The van der Waals surface area contributed by atoms with Crippen molar-refractivity contribution >= 4 is 23.2 Å². The number of hydrogen-bond acceptors (Lipinski definition) is 3. The van der Waals surface area contributed by atoms with Crippen molar-refractivity contribution in [3.05, 3.63) is 64.7 Å². The van der Waals surface area contributed by atoms with Gasteiger partial charge in [0.2, 0.25) is 0 Å². The maximum absolute atomic E-state index is 12.3. The van der Waals surface area contributed by atoms with Crippen LogP contribution < -0.4 is 10.6 Å². The summed E-state index contributed by atoms with van der Waals surface area (Å²) in [7, 11) is 2.10. The van der Waals surface area contributed by atoms with Crippen LogP contribution in [0.2, 0.25) is 5.02 Å². The number of nitrogens with zero attached hydrogens (tertiary/aromatic N) is 1. The molecule has 0 aliphatic rings. The van der Waals surface area contributed by atoms with Gasteiger partial charge in [-0.05, 0) is 43.4 Å². The van der Waals surface area contributed by atoms with Gasteiger partial charge in [-0.3, -0.25) is 4.79 Å².